The van der Waals surface area contributed by atoms with Gasteiger partial charge in [-0.25, -0.2) is 4.79 Å². The van der Waals surface area contributed by atoms with E-state index in [9.17, 15) is 9.90 Å². The van der Waals surface area contributed by atoms with E-state index in [2.05, 4.69) is 25.9 Å². The standard InChI is InChI=1S/C18H11BrN2O2/c19-12-4-1-10(2-5-12)16-15(18(22)23)14-6-3-11-9-20-8-7-13(11)17(14)21-16/h1-9,21H,(H,22,23). The Morgan fingerprint density at radius 3 is 2.57 bits per heavy atom. The highest BCUT2D eigenvalue weighted by Crippen LogP contribution is 2.34. The predicted octanol–water partition coefficient (Wildman–Crippen LogP) is 4.84. The number of hydrogen-bond acceptors (Lipinski definition) is 2. The average molecular weight is 367 g/mol. The van der Waals surface area contributed by atoms with Crippen molar-refractivity contribution in [1.82, 2.24) is 9.97 Å². The van der Waals surface area contributed by atoms with E-state index >= 15 is 0 Å². The van der Waals surface area contributed by atoms with Crippen molar-refractivity contribution < 1.29 is 9.90 Å². The Kier molecular flexibility index (Phi) is 3.16. The Bertz CT molecular complexity index is 1050. The first-order chi connectivity index (χ1) is 11.1. The van der Waals surface area contributed by atoms with E-state index < -0.39 is 5.97 Å². The molecule has 5 heteroatoms. The van der Waals surface area contributed by atoms with Gasteiger partial charge in [-0.2, -0.15) is 0 Å². The summed E-state index contributed by atoms with van der Waals surface area (Å²) >= 11 is 3.40. The van der Waals surface area contributed by atoms with Crippen LogP contribution in [0.2, 0.25) is 0 Å². The quantitative estimate of drug-likeness (QED) is 0.533. The normalized spacial score (nSPS) is 11.2. The molecule has 2 aromatic carbocycles. The van der Waals surface area contributed by atoms with Gasteiger partial charge in [-0.15, -0.1) is 0 Å². The molecule has 0 bridgehead atoms. The Morgan fingerprint density at radius 1 is 1.04 bits per heavy atom. The molecule has 0 unspecified atom stereocenters. The number of benzene rings is 2. The van der Waals surface area contributed by atoms with Crippen LogP contribution < -0.4 is 0 Å². The summed E-state index contributed by atoms with van der Waals surface area (Å²) in [6, 6.07) is 13.2. The smallest absolute Gasteiger partial charge is 0.338 e. The highest BCUT2D eigenvalue weighted by Gasteiger charge is 2.20. The van der Waals surface area contributed by atoms with Crippen molar-refractivity contribution in [2.45, 2.75) is 0 Å². The second-order valence-corrected chi connectivity index (χ2v) is 6.19. The molecule has 0 fully saturated rings. The van der Waals surface area contributed by atoms with Crippen LogP contribution in [0.4, 0.5) is 0 Å². The van der Waals surface area contributed by atoms with Crippen molar-refractivity contribution in [1.29, 1.82) is 0 Å². The molecule has 4 rings (SSSR count). The number of nitrogens with zero attached hydrogens (tertiary/aromatic N) is 1. The lowest BCUT2D eigenvalue weighted by Crippen LogP contribution is -1.97. The molecule has 4 nitrogen and oxygen atoms in total. The fourth-order valence-corrected chi connectivity index (χ4v) is 3.15. The minimum absolute atomic E-state index is 0.293. The molecule has 23 heavy (non-hydrogen) atoms. The number of fused-ring (bicyclic) bond motifs is 3. The van der Waals surface area contributed by atoms with E-state index in [0.29, 0.717) is 16.6 Å². The van der Waals surface area contributed by atoms with Crippen LogP contribution in [0.5, 0.6) is 0 Å². The highest BCUT2D eigenvalue weighted by molar-refractivity contribution is 9.10. The third-order valence-electron chi connectivity index (χ3n) is 3.94. The van der Waals surface area contributed by atoms with Gasteiger partial charge in [0.1, 0.15) is 0 Å². The fraction of sp³-hybridized carbons (Fsp3) is 0. The summed E-state index contributed by atoms with van der Waals surface area (Å²) in [5.74, 6) is -0.942. The van der Waals surface area contributed by atoms with Crippen molar-refractivity contribution >= 4 is 43.6 Å². The second kappa shape index (κ2) is 5.21. The number of carboxylic acids is 1. The topological polar surface area (TPSA) is 66.0 Å². The molecule has 0 saturated heterocycles. The molecule has 2 heterocycles. The van der Waals surface area contributed by atoms with Gasteiger partial charge in [-0.05, 0) is 23.8 Å². The van der Waals surface area contributed by atoms with Gasteiger partial charge in [0.05, 0.1) is 16.8 Å². The monoisotopic (exact) mass is 366 g/mol. The average Bonchev–Trinajstić information content (AvgIpc) is 2.95. The zero-order chi connectivity index (χ0) is 16.0. The van der Waals surface area contributed by atoms with Crippen LogP contribution >= 0.6 is 15.9 Å². The predicted molar refractivity (Wildman–Crippen MR) is 93.7 cm³/mol. The van der Waals surface area contributed by atoms with E-state index in [4.69, 9.17) is 0 Å². The van der Waals surface area contributed by atoms with E-state index in [0.717, 1.165) is 26.3 Å². The summed E-state index contributed by atoms with van der Waals surface area (Å²) in [5, 5.41) is 12.3. The van der Waals surface area contributed by atoms with Crippen molar-refractivity contribution in [3.05, 3.63) is 64.9 Å². The van der Waals surface area contributed by atoms with Gasteiger partial charge in [0.15, 0.2) is 0 Å². The van der Waals surface area contributed by atoms with Crippen molar-refractivity contribution in [3.63, 3.8) is 0 Å². The minimum atomic E-state index is -0.942. The molecule has 2 aromatic heterocycles. The van der Waals surface area contributed by atoms with Crippen LogP contribution in [0, 0.1) is 0 Å². The van der Waals surface area contributed by atoms with Gasteiger partial charge >= 0.3 is 5.97 Å². The Morgan fingerprint density at radius 2 is 1.83 bits per heavy atom. The van der Waals surface area contributed by atoms with E-state index in [1.54, 1.807) is 12.4 Å². The molecule has 0 amide bonds. The maximum absolute atomic E-state index is 11.8. The Hall–Kier alpha value is -2.66. The summed E-state index contributed by atoms with van der Waals surface area (Å²) < 4.78 is 0.950. The fourth-order valence-electron chi connectivity index (χ4n) is 2.89. The first-order valence-corrected chi connectivity index (χ1v) is 7.82. The van der Waals surface area contributed by atoms with Crippen LogP contribution in [-0.4, -0.2) is 21.0 Å². The number of halogens is 1. The zero-order valence-corrected chi connectivity index (χ0v) is 13.5. The summed E-state index contributed by atoms with van der Waals surface area (Å²) in [7, 11) is 0. The van der Waals surface area contributed by atoms with Crippen LogP contribution in [-0.2, 0) is 0 Å². The first kappa shape index (κ1) is 14.0. The summed E-state index contributed by atoms with van der Waals surface area (Å²) in [5.41, 5.74) is 2.56. The maximum Gasteiger partial charge on any atom is 0.338 e. The molecule has 0 atom stereocenters. The highest BCUT2D eigenvalue weighted by atomic mass is 79.9. The minimum Gasteiger partial charge on any atom is -0.478 e. The molecule has 0 aliphatic carbocycles. The van der Waals surface area contributed by atoms with E-state index in [1.807, 2.05) is 42.5 Å². The maximum atomic E-state index is 11.8. The van der Waals surface area contributed by atoms with E-state index in [1.165, 1.54) is 0 Å². The van der Waals surface area contributed by atoms with Gasteiger partial charge in [-0.3, -0.25) is 4.98 Å². The largest absolute Gasteiger partial charge is 0.478 e. The van der Waals surface area contributed by atoms with Gasteiger partial charge < -0.3 is 10.1 Å². The number of hydrogen-bond donors (Lipinski definition) is 2. The lowest BCUT2D eigenvalue weighted by Gasteiger charge is -2.01. The number of carbonyl (C=O) groups is 1. The van der Waals surface area contributed by atoms with E-state index in [-0.39, 0.29) is 0 Å². The molecule has 0 radical (unpaired) electrons. The number of carboxylic acid groups (broad SMARTS) is 1. The number of pyridine rings is 1. The molecule has 4 aromatic rings. The molecule has 0 saturated carbocycles. The number of rotatable bonds is 2. The summed E-state index contributed by atoms with van der Waals surface area (Å²) in [6.45, 7) is 0. The zero-order valence-electron chi connectivity index (χ0n) is 11.9. The first-order valence-electron chi connectivity index (χ1n) is 7.03. The van der Waals surface area contributed by atoms with Crippen molar-refractivity contribution in [3.8, 4) is 11.3 Å². The van der Waals surface area contributed by atoms with Crippen LogP contribution in [0.25, 0.3) is 32.9 Å². The molecular formula is C18H11BrN2O2. The third-order valence-corrected chi connectivity index (χ3v) is 4.46. The number of nitrogens with one attached hydrogen (secondary N) is 1. The Balaban J connectivity index is 2.11. The lowest BCUT2D eigenvalue weighted by atomic mass is 10.0. The molecule has 2 N–H and O–H groups in total. The molecule has 0 aliphatic heterocycles. The Labute approximate surface area is 139 Å². The van der Waals surface area contributed by atoms with Gasteiger partial charge in [-0.1, -0.05) is 40.2 Å². The molecular weight excluding hydrogens is 356 g/mol. The number of aromatic amines is 1. The van der Waals surface area contributed by atoms with Gasteiger partial charge in [0, 0.05) is 33.0 Å². The number of aromatic nitrogens is 2. The molecule has 112 valence electrons. The van der Waals surface area contributed by atoms with Gasteiger partial charge in [0.2, 0.25) is 0 Å². The van der Waals surface area contributed by atoms with Crippen LogP contribution in [0.1, 0.15) is 10.4 Å². The number of aromatic carboxylic acids is 1. The van der Waals surface area contributed by atoms with Crippen LogP contribution in [0.3, 0.4) is 0 Å². The van der Waals surface area contributed by atoms with Crippen molar-refractivity contribution in [2.24, 2.45) is 0 Å². The second-order valence-electron chi connectivity index (χ2n) is 5.27. The number of H-pyrrole nitrogens is 1. The summed E-state index contributed by atoms with van der Waals surface area (Å²) in [4.78, 5) is 19.2. The SMILES string of the molecule is O=C(O)c1c(-c2ccc(Br)cc2)[nH]c2c1ccc1cnccc12. The summed E-state index contributed by atoms with van der Waals surface area (Å²) in [6.07, 6.45) is 3.48. The third kappa shape index (κ3) is 2.21. The molecule has 0 spiro atoms. The van der Waals surface area contributed by atoms with Crippen LogP contribution in [0.15, 0.2) is 59.3 Å². The van der Waals surface area contributed by atoms with Crippen molar-refractivity contribution in [2.75, 3.05) is 0 Å². The van der Waals surface area contributed by atoms with Gasteiger partial charge in [0.25, 0.3) is 0 Å². The lowest BCUT2D eigenvalue weighted by molar-refractivity contribution is 0.0700. The molecule has 0 aliphatic rings.